The summed E-state index contributed by atoms with van der Waals surface area (Å²) in [6.07, 6.45) is 2.55. The van der Waals surface area contributed by atoms with Gasteiger partial charge in [0.1, 0.15) is 6.61 Å². The number of likely N-dealkylation sites (tertiary alicyclic amines) is 1. The number of amides is 2. The third-order valence-electron chi connectivity index (χ3n) is 3.09. The molecule has 1 aliphatic rings. The number of hydrogen-bond acceptors (Lipinski definition) is 3. The summed E-state index contributed by atoms with van der Waals surface area (Å²) in [6.45, 7) is 4.72. The molecule has 0 aliphatic carbocycles. The Labute approximate surface area is 95.9 Å². The van der Waals surface area contributed by atoms with Gasteiger partial charge in [-0.1, -0.05) is 13.8 Å². The molecule has 2 amide bonds. The minimum atomic E-state index is -0.429. The number of esters is 1. The van der Waals surface area contributed by atoms with Crippen molar-refractivity contribution in [2.24, 2.45) is 11.7 Å². The third-order valence-corrected chi connectivity index (χ3v) is 3.09. The van der Waals surface area contributed by atoms with Crippen molar-refractivity contribution in [1.82, 2.24) is 4.90 Å². The summed E-state index contributed by atoms with van der Waals surface area (Å²) in [5, 5.41) is 0. The molecule has 0 spiro atoms. The summed E-state index contributed by atoms with van der Waals surface area (Å²) in [7, 11) is 0. The Bertz CT molecular complexity index is 268. The standard InChI is InChI=1S/C11H20N2O3/c1-3-8(2)10(14)16-7-9-5-4-6-13(9)11(12)15/h8-9H,3-7H2,1-2H3,(H2,12,15). The molecule has 0 aromatic rings. The molecule has 0 aromatic heterocycles. The van der Waals surface area contributed by atoms with Gasteiger partial charge in [0.15, 0.2) is 0 Å². The van der Waals surface area contributed by atoms with E-state index >= 15 is 0 Å². The molecule has 5 nitrogen and oxygen atoms in total. The number of ether oxygens (including phenoxy) is 1. The highest BCUT2D eigenvalue weighted by Gasteiger charge is 2.28. The molecule has 0 saturated carbocycles. The topological polar surface area (TPSA) is 72.6 Å². The van der Waals surface area contributed by atoms with Crippen LogP contribution in [-0.4, -0.2) is 36.1 Å². The van der Waals surface area contributed by atoms with E-state index < -0.39 is 6.03 Å². The van der Waals surface area contributed by atoms with Crippen molar-refractivity contribution in [2.75, 3.05) is 13.2 Å². The molecular formula is C11H20N2O3. The van der Waals surface area contributed by atoms with Gasteiger partial charge < -0.3 is 15.4 Å². The number of hydrogen-bond donors (Lipinski definition) is 1. The molecule has 0 radical (unpaired) electrons. The number of nitrogens with zero attached hydrogens (tertiary/aromatic N) is 1. The first-order valence-electron chi connectivity index (χ1n) is 5.79. The van der Waals surface area contributed by atoms with Crippen molar-refractivity contribution in [3.63, 3.8) is 0 Å². The lowest BCUT2D eigenvalue weighted by Gasteiger charge is -2.22. The van der Waals surface area contributed by atoms with Crippen molar-refractivity contribution in [3.05, 3.63) is 0 Å². The molecule has 0 aromatic carbocycles. The monoisotopic (exact) mass is 228 g/mol. The van der Waals surface area contributed by atoms with Crippen LogP contribution in [0.25, 0.3) is 0 Å². The molecule has 1 heterocycles. The lowest BCUT2D eigenvalue weighted by Crippen LogP contribution is -2.42. The van der Waals surface area contributed by atoms with Crippen molar-refractivity contribution in [2.45, 2.75) is 39.2 Å². The highest BCUT2D eigenvalue weighted by molar-refractivity contribution is 5.73. The van der Waals surface area contributed by atoms with Gasteiger partial charge in [0.25, 0.3) is 0 Å². The maximum Gasteiger partial charge on any atom is 0.315 e. The molecule has 1 fully saturated rings. The zero-order valence-electron chi connectivity index (χ0n) is 9.94. The Morgan fingerprint density at radius 1 is 1.56 bits per heavy atom. The average molecular weight is 228 g/mol. The Morgan fingerprint density at radius 3 is 2.81 bits per heavy atom. The molecule has 0 bridgehead atoms. The van der Waals surface area contributed by atoms with Crippen LogP contribution in [0.15, 0.2) is 0 Å². The second kappa shape index (κ2) is 5.72. The zero-order chi connectivity index (χ0) is 12.1. The summed E-state index contributed by atoms with van der Waals surface area (Å²) < 4.78 is 5.17. The van der Waals surface area contributed by atoms with Crippen LogP contribution in [0.1, 0.15) is 33.1 Å². The number of rotatable bonds is 4. The molecule has 2 N–H and O–H groups in total. The van der Waals surface area contributed by atoms with E-state index in [2.05, 4.69) is 0 Å². The quantitative estimate of drug-likeness (QED) is 0.733. The number of carbonyl (C=O) groups is 2. The third kappa shape index (κ3) is 3.12. The maximum absolute atomic E-state index is 11.5. The number of nitrogens with two attached hydrogens (primary N) is 1. The Balaban J connectivity index is 2.37. The second-order valence-corrected chi connectivity index (χ2v) is 4.27. The highest BCUT2D eigenvalue weighted by Crippen LogP contribution is 2.17. The molecule has 1 aliphatic heterocycles. The summed E-state index contributed by atoms with van der Waals surface area (Å²) in [5.74, 6) is -0.276. The van der Waals surface area contributed by atoms with E-state index in [1.165, 1.54) is 0 Å². The first-order valence-corrected chi connectivity index (χ1v) is 5.79. The lowest BCUT2D eigenvalue weighted by molar-refractivity contribution is -0.149. The largest absolute Gasteiger partial charge is 0.463 e. The molecule has 5 heteroatoms. The fraction of sp³-hybridized carbons (Fsp3) is 0.818. The molecule has 2 atom stereocenters. The minimum absolute atomic E-state index is 0.0366. The van der Waals surface area contributed by atoms with Gasteiger partial charge in [0.05, 0.1) is 12.0 Å². The Hall–Kier alpha value is -1.26. The highest BCUT2D eigenvalue weighted by atomic mass is 16.5. The predicted molar refractivity (Wildman–Crippen MR) is 59.7 cm³/mol. The van der Waals surface area contributed by atoms with Crippen molar-refractivity contribution < 1.29 is 14.3 Å². The van der Waals surface area contributed by atoms with E-state index in [9.17, 15) is 9.59 Å². The van der Waals surface area contributed by atoms with E-state index in [-0.39, 0.29) is 24.5 Å². The molecule has 1 rings (SSSR count). The normalized spacial score (nSPS) is 21.9. The first-order chi connectivity index (χ1) is 7.56. The fourth-order valence-corrected chi connectivity index (χ4v) is 1.79. The van der Waals surface area contributed by atoms with E-state index in [0.717, 1.165) is 19.3 Å². The van der Waals surface area contributed by atoms with Gasteiger partial charge in [-0.3, -0.25) is 4.79 Å². The molecular weight excluding hydrogens is 208 g/mol. The lowest BCUT2D eigenvalue weighted by atomic mass is 10.1. The second-order valence-electron chi connectivity index (χ2n) is 4.27. The average Bonchev–Trinajstić information content (AvgIpc) is 2.72. The van der Waals surface area contributed by atoms with Gasteiger partial charge in [-0.05, 0) is 19.3 Å². The summed E-state index contributed by atoms with van der Waals surface area (Å²) in [5.41, 5.74) is 5.23. The van der Waals surface area contributed by atoms with E-state index in [1.54, 1.807) is 4.90 Å². The molecule has 16 heavy (non-hydrogen) atoms. The number of carbonyl (C=O) groups excluding carboxylic acids is 2. The van der Waals surface area contributed by atoms with Gasteiger partial charge in [-0.2, -0.15) is 0 Å². The SMILES string of the molecule is CCC(C)C(=O)OCC1CCCN1C(N)=O. The van der Waals surface area contributed by atoms with Gasteiger partial charge >= 0.3 is 12.0 Å². The number of urea groups is 1. The minimum Gasteiger partial charge on any atom is -0.463 e. The van der Waals surface area contributed by atoms with E-state index in [4.69, 9.17) is 10.5 Å². The molecule has 2 unspecified atom stereocenters. The van der Waals surface area contributed by atoms with E-state index in [1.807, 2.05) is 13.8 Å². The zero-order valence-corrected chi connectivity index (χ0v) is 9.94. The van der Waals surface area contributed by atoms with Crippen LogP contribution in [-0.2, 0) is 9.53 Å². The predicted octanol–water partition coefficient (Wildman–Crippen LogP) is 1.12. The van der Waals surface area contributed by atoms with E-state index in [0.29, 0.717) is 6.54 Å². The van der Waals surface area contributed by atoms with Crippen LogP contribution in [0.4, 0.5) is 4.79 Å². The molecule has 92 valence electrons. The van der Waals surface area contributed by atoms with Gasteiger partial charge in [0, 0.05) is 6.54 Å². The van der Waals surface area contributed by atoms with Gasteiger partial charge in [-0.15, -0.1) is 0 Å². The van der Waals surface area contributed by atoms with Crippen LogP contribution < -0.4 is 5.73 Å². The van der Waals surface area contributed by atoms with Crippen LogP contribution >= 0.6 is 0 Å². The van der Waals surface area contributed by atoms with Crippen LogP contribution in [0.2, 0.25) is 0 Å². The van der Waals surface area contributed by atoms with Gasteiger partial charge in [-0.25, -0.2) is 4.79 Å². The smallest absolute Gasteiger partial charge is 0.315 e. The maximum atomic E-state index is 11.5. The van der Waals surface area contributed by atoms with Crippen molar-refractivity contribution >= 4 is 12.0 Å². The fourth-order valence-electron chi connectivity index (χ4n) is 1.79. The van der Waals surface area contributed by atoms with Crippen LogP contribution in [0, 0.1) is 5.92 Å². The Morgan fingerprint density at radius 2 is 2.25 bits per heavy atom. The van der Waals surface area contributed by atoms with Crippen molar-refractivity contribution in [1.29, 1.82) is 0 Å². The number of primary amides is 1. The summed E-state index contributed by atoms with van der Waals surface area (Å²) >= 11 is 0. The van der Waals surface area contributed by atoms with Gasteiger partial charge in [0.2, 0.25) is 0 Å². The van der Waals surface area contributed by atoms with Crippen LogP contribution in [0.5, 0.6) is 0 Å². The summed E-state index contributed by atoms with van der Waals surface area (Å²) in [4.78, 5) is 24.1. The van der Waals surface area contributed by atoms with Crippen molar-refractivity contribution in [3.8, 4) is 0 Å². The summed E-state index contributed by atoms with van der Waals surface area (Å²) in [6, 6.07) is -0.465. The first kappa shape index (κ1) is 12.8. The molecule has 1 saturated heterocycles. The Kier molecular flexibility index (Phi) is 4.58. The van der Waals surface area contributed by atoms with Crippen LogP contribution in [0.3, 0.4) is 0 Å².